The summed E-state index contributed by atoms with van der Waals surface area (Å²) in [5, 5.41) is 12.9. The molecule has 0 saturated carbocycles. The van der Waals surface area contributed by atoms with Crippen molar-refractivity contribution in [2.24, 2.45) is 0 Å². The molecule has 0 spiro atoms. The second-order valence-corrected chi connectivity index (χ2v) is 6.60. The average molecular weight is 348 g/mol. The van der Waals surface area contributed by atoms with Gasteiger partial charge in [-0.25, -0.2) is 0 Å². The lowest BCUT2D eigenvalue weighted by atomic mass is 10.3. The second kappa shape index (κ2) is 6.03. The Kier molecular flexibility index (Phi) is 4.63. The van der Waals surface area contributed by atoms with Crippen LogP contribution < -0.4 is 5.73 Å². The van der Waals surface area contributed by atoms with Crippen LogP contribution >= 0.6 is 39.0 Å². The van der Waals surface area contributed by atoms with Crippen LogP contribution in [0.2, 0.25) is 0 Å². The maximum Gasteiger partial charge on any atom is 0.203 e. The molecule has 0 aromatic carbocycles. The van der Waals surface area contributed by atoms with E-state index in [1.54, 1.807) is 11.8 Å². The highest BCUT2D eigenvalue weighted by atomic mass is 79.9. The minimum Gasteiger partial charge on any atom is -0.374 e. The molecule has 0 aliphatic heterocycles. The minimum absolute atomic E-state index is 0.509. The molecule has 2 rings (SSSR count). The highest BCUT2D eigenvalue weighted by molar-refractivity contribution is 9.10. The number of hydrogen-bond donors (Lipinski definition) is 1. The maximum atomic E-state index is 5.56. The van der Waals surface area contributed by atoms with Crippen LogP contribution in [0, 0.1) is 0 Å². The second-order valence-electron chi connectivity index (χ2n) is 3.57. The van der Waals surface area contributed by atoms with Gasteiger partial charge in [0.2, 0.25) is 5.13 Å². The molecule has 0 unspecified atom stereocenters. The number of thioether (sulfide) groups is 1. The summed E-state index contributed by atoms with van der Waals surface area (Å²) in [6.07, 6.45) is 0.928. The van der Waals surface area contributed by atoms with Crippen LogP contribution in [0.25, 0.3) is 0 Å². The normalized spacial score (nSPS) is 11.1. The molecule has 2 aromatic heterocycles. The van der Waals surface area contributed by atoms with Gasteiger partial charge in [-0.3, -0.25) is 4.68 Å². The van der Waals surface area contributed by atoms with E-state index in [0.717, 1.165) is 33.2 Å². The highest BCUT2D eigenvalue weighted by Gasteiger charge is 2.14. The number of aromatic nitrogens is 4. The number of nitrogen functional groups attached to an aromatic ring is 1. The van der Waals surface area contributed by atoms with Gasteiger partial charge in [-0.15, -0.1) is 10.2 Å². The van der Waals surface area contributed by atoms with Crippen LogP contribution in [0.1, 0.15) is 25.2 Å². The first-order chi connectivity index (χ1) is 8.65. The molecule has 8 heteroatoms. The number of nitrogens with two attached hydrogens (primary N) is 1. The Labute approximate surface area is 122 Å². The van der Waals surface area contributed by atoms with Gasteiger partial charge in [0.25, 0.3) is 0 Å². The number of nitrogens with zero attached hydrogens (tertiary/aromatic N) is 4. The van der Waals surface area contributed by atoms with Crippen molar-refractivity contribution in [3.05, 3.63) is 15.9 Å². The van der Waals surface area contributed by atoms with Gasteiger partial charge in [-0.05, 0) is 29.3 Å². The predicted molar refractivity (Wildman–Crippen MR) is 78.9 cm³/mol. The highest BCUT2D eigenvalue weighted by Crippen LogP contribution is 2.31. The Morgan fingerprint density at radius 3 is 2.72 bits per heavy atom. The van der Waals surface area contributed by atoms with Crippen LogP contribution in [0.15, 0.2) is 8.81 Å². The van der Waals surface area contributed by atoms with Gasteiger partial charge in [0.05, 0.1) is 15.9 Å². The third kappa shape index (κ3) is 2.86. The zero-order chi connectivity index (χ0) is 13.1. The van der Waals surface area contributed by atoms with E-state index in [4.69, 9.17) is 5.73 Å². The standard InChI is InChI=1S/C10H14BrN5S2/c1-3-6-8(11)7(16(4-2)15-6)5-17-10-14-13-9(12)18-10/h3-5H2,1-2H3,(H2,12,13). The lowest BCUT2D eigenvalue weighted by Crippen LogP contribution is -2.01. The zero-order valence-electron chi connectivity index (χ0n) is 10.2. The fraction of sp³-hybridized carbons (Fsp3) is 0.500. The molecule has 18 heavy (non-hydrogen) atoms. The van der Waals surface area contributed by atoms with Gasteiger partial charge in [0.1, 0.15) is 0 Å². The average Bonchev–Trinajstić information content (AvgIpc) is 2.91. The summed E-state index contributed by atoms with van der Waals surface area (Å²) in [6.45, 7) is 5.07. The molecule has 0 atom stereocenters. The van der Waals surface area contributed by atoms with Crippen molar-refractivity contribution in [2.75, 3.05) is 5.73 Å². The first-order valence-electron chi connectivity index (χ1n) is 5.61. The molecule has 5 nitrogen and oxygen atoms in total. The number of anilines is 1. The first kappa shape index (κ1) is 13.8. The Morgan fingerprint density at radius 1 is 1.39 bits per heavy atom. The van der Waals surface area contributed by atoms with Gasteiger partial charge in [0, 0.05) is 12.3 Å². The molecule has 0 aliphatic rings. The number of rotatable bonds is 5. The zero-order valence-corrected chi connectivity index (χ0v) is 13.4. The van der Waals surface area contributed by atoms with Gasteiger partial charge < -0.3 is 5.73 Å². The predicted octanol–water partition coefficient (Wildman–Crippen LogP) is 2.95. The van der Waals surface area contributed by atoms with E-state index in [9.17, 15) is 0 Å². The van der Waals surface area contributed by atoms with E-state index in [2.05, 4.69) is 45.1 Å². The Balaban J connectivity index is 2.15. The fourth-order valence-corrected chi connectivity index (χ4v) is 4.12. The summed E-state index contributed by atoms with van der Waals surface area (Å²) >= 11 is 6.68. The van der Waals surface area contributed by atoms with Gasteiger partial charge in [-0.1, -0.05) is 30.0 Å². The van der Waals surface area contributed by atoms with Crippen molar-refractivity contribution in [3.63, 3.8) is 0 Å². The Bertz CT molecular complexity index is 536. The van der Waals surface area contributed by atoms with Crippen LogP contribution in [-0.2, 0) is 18.7 Å². The van der Waals surface area contributed by atoms with Crippen LogP contribution in [0.4, 0.5) is 5.13 Å². The van der Waals surface area contributed by atoms with E-state index in [0.29, 0.717) is 5.13 Å². The molecule has 0 radical (unpaired) electrons. The third-order valence-corrected chi connectivity index (χ3v) is 5.26. The SMILES string of the molecule is CCc1nn(CC)c(CSc2nnc(N)s2)c1Br. The maximum absolute atomic E-state index is 5.56. The topological polar surface area (TPSA) is 69.6 Å². The largest absolute Gasteiger partial charge is 0.374 e. The minimum atomic E-state index is 0.509. The summed E-state index contributed by atoms with van der Waals surface area (Å²) in [4.78, 5) is 0. The van der Waals surface area contributed by atoms with E-state index in [1.165, 1.54) is 17.0 Å². The van der Waals surface area contributed by atoms with Crippen molar-refractivity contribution in [1.82, 2.24) is 20.0 Å². The molecule has 0 saturated heterocycles. The van der Waals surface area contributed by atoms with Crippen molar-refractivity contribution in [2.45, 2.75) is 36.9 Å². The molecular formula is C10H14BrN5S2. The van der Waals surface area contributed by atoms with Crippen molar-refractivity contribution >= 4 is 44.2 Å². The van der Waals surface area contributed by atoms with Crippen LogP contribution in [0.3, 0.4) is 0 Å². The fourth-order valence-electron chi connectivity index (χ4n) is 1.56. The summed E-state index contributed by atoms with van der Waals surface area (Å²) in [5.41, 5.74) is 7.85. The summed E-state index contributed by atoms with van der Waals surface area (Å²) < 4.78 is 4.03. The monoisotopic (exact) mass is 347 g/mol. The summed E-state index contributed by atoms with van der Waals surface area (Å²) in [7, 11) is 0. The first-order valence-corrected chi connectivity index (χ1v) is 8.21. The number of aryl methyl sites for hydroxylation is 2. The summed E-state index contributed by atoms with van der Waals surface area (Å²) in [6, 6.07) is 0. The van der Waals surface area contributed by atoms with E-state index >= 15 is 0 Å². The third-order valence-electron chi connectivity index (χ3n) is 2.45. The number of halogens is 1. The molecule has 2 N–H and O–H groups in total. The van der Waals surface area contributed by atoms with Crippen molar-refractivity contribution < 1.29 is 0 Å². The summed E-state index contributed by atoms with van der Waals surface area (Å²) in [5.74, 6) is 0.816. The van der Waals surface area contributed by atoms with E-state index < -0.39 is 0 Å². The molecular weight excluding hydrogens is 334 g/mol. The van der Waals surface area contributed by atoms with E-state index in [-0.39, 0.29) is 0 Å². The van der Waals surface area contributed by atoms with Gasteiger partial charge in [-0.2, -0.15) is 5.10 Å². The molecule has 0 fully saturated rings. The smallest absolute Gasteiger partial charge is 0.203 e. The lowest BCUT2D eigenvalue weighted by Gasteiger charge is -2.03. The Hall–Kier alpha value is -0.600. The van der Waals surface area contributed by atoms with Crippen molar-refractivity contribution in [3.8, 4) is 0 Å². The molecule has 0 aliphatic carbocycles. The van der Waals surface area contributed by atoms with Crippen LogP contribution in [0.5, 0.6) is 0 Å². The van der Waals surface area contributed by atoms with Crippen molar-refractivity contribution in [1.29, 1.82) is 0 Å². The Morgan fingerprint density at radius 2 is 2.17 bits per heavy atom. The molecule has 2 aromatic rings. The molecule has 0 amide bonds. The van der Waals surface area contributed by atoms with Gasteiger partial charge >= 0.3 is 0 Å². The van der Waals surface area contributed by atoms with Crippen LogP contribution in [-0.4, -0.2) is 20.0 Å². The quantitative estimate of drug-likeness (QED) is 0.842. The van der Waals surface area contributed by atoms with E-state index in [1.807, 2.05) is 4.68 Å². The molecule has 0 bridgehead atoms. The number of hydrogen-bond acceptors (Lipinski definition) is 6. The lowest BCUT2D eigenvalue weighted by molar-refractivity contribution is 0.627. The molecule has 2 heterocycles. The molecule has 98 valence electrons. The van der Waals surface area contributed by atoms with Gasteiger partial charge in [0.15, 0.2) is 4.34 Å².